The standard InChI is InChI=1S/C12H16FN3O2/c1-3-16(4-2)10(17)8-15-12(18)9-6-5-7-14-11(9)13/h5-7H,3-4,8H2,1-2H3,(H,15,18). The Morgan fingerprint density at radius 2 is 2.06 bits per heavy atom. The van der Waals surface area contributed by atoms with Gasteiger partial charge < -0.3 is 10.2 Å². The summed E-state index contributed by atoms with van der Waals surface area (Å²) in [5.41, 5.74) is -0.162. The molecule has 0 spiro atoms. The highest BCUT2D eigenvalue weighted by Gasteiger charge is 2.14. The molecule has 0 bridgehead atoms. The van der Waals surface area contributed by atoms with Gasteiger partial charge in [0.1, 0.15) is 0 Å². The summed E-state index contributed by atoms with van der Waals surface area (Å²) >= 11 is 0. The molecule has 1 aromatic heterocycles. The van der Waals surface area contributed by atoms with Crippen LogP contribution in [0.1, 0.15) is 24.2 Å². The minimum atomic E-state index is -0.842. The van der Waals surface area contributed by atoms with Gasteiger partial charge in [-0.1, -0.05) is 0 Å². The second-order valence-electron chi connectivity index (χ2n) is 3.59. The van der Waals surface area contributed by atoms with Gasteiger partial charge in [-0.15, -0.1) is 0 Å². The highest BCUT2D eigenvalue weighted by atomic mass is 19.1. The molecule has 1 N–H and O–H groups in total. The molecule has 0 fully saturated rings. The lowest BCUT2D eigenvalue weighted by molar-refractivity contribution is -0.129. The SMILES string of the molecule is CCN(CC)C(=O)CNC(=O)c1cccnc1F. The quantitative estimate of drug-likeness (QED) is 0.790. The maximum absolute atomic E-state index is 13.2. The van der Waals surface area contributed by atoms with Crippen molar-refractivity contribution in [1.29, 1.82) is 0 Å². The van der Waals surface area contributed by atoms with Gasteiger partial charge in [-0.25, -0.2) is 4.98 Å². The topological polar surface area (TPSA) is 62.3 Å². The molecular formula is C12H16FN3O2. The molecule has 98 valence electrons. The smallest absolute Gasteiger partial charge is 0.256 e. The third kappa shape index (κ3) is 3.51. The van der Waals surface area contributed by atoms with E-state index in [4.69, 9.17) is 0 Å². The molecule has 0 aliphatic carbocycles. The van der Waals surface area contributed by atoms with E-state index in [0.29, 0.717) is 13.1 Å². The normalized spacial score (nSPS) is 9.94. The Kier molecular flexibility index (Phi) is 5.23. The van der Waals surface area contributed by atoms with Crippen LogP contribution in [0.2, 0.25) is 0 Å². The predicted octanol–water partition coefficient (Wildman–Crippen LogP) is 0.819. The first kappa shape index (κ1) is 14.1. The van der Waals surface area contributed by atoms with E-state index in [9.17, 15) is 14.0 Å². The van der Waals surface area contributed by atoms with Crippen molar-refractivity contribution in [1.82, 2.24) is 15.2 Å². The van der Waals surface area contributed by atoms with E-state index < -0.39 is 11.9 Å². The van der Waals surface area contributed by atoms with Crippen molar-refractivity contribution in [3.8, 4) is 0 Å². The number of hydrogen-bond donors (Lipinski definition) is 1. The van der Waals surface area contributed by atoms with Crippen LogP contribution in [-0.4, -0.2) is 41.3 Å². The Morgan fingerprint density at radius 1 is 1.39 bits per heavy atom. The molecule has 0 saturated heterocycles. The maximum atomic E-state index is 13.2. The number of hydrogen-bond acceptors (Lipinski definition) is 3. The van der Waals surface area contributed by atoms with E-state index in [1.165, 1.54) is 18.3 Å². The van der Waals surface area contributed by atoms with E-state index in [-0.39, 0.29) is 18.0 Å². The largest absolute Gasteiger partial charge is 0.343 e. The van der Waals surface area contributed by atoms with Crippen LogP contribution < -0.4 is 5.32 Å². The van der Waals surface area contributed by atoms with Crippen LogP contribution >= 0.6 is 0 Å². The molecular weight excluding hydrogens is 237 g/mol. The van der Waals surface area contributed by atoms with Crippen molar-refractivity contribution < 1.29 is 14.0 Å². The molecule has 0 saturated carbocycles. The Labute approximate surface area is 105 Å². The van der Waals surface area contributed by atoms with Crippen LogP contribution in [0.15, 0.2) is 18.3 Å². The summed E-state index contributed by atoms with van der Waals surface area (Å²) in [5.74, 6) is -1.68. The number of amides is 2. The molecule has 1 rings (SSSR count). The Balaban J connectivity index is 2.57. The maximum Gasteiger partial charge on any atom is 0.256 e. The minimum Gasteiger partial charge on any atom is -0.343 e. The summed E-state index contributed by atoms with van der Waals surface area (Å²) in [4.78, 5) is 28.2. The number of nitrogens with zero attached hydrogens (tertiary/aromatic N) is 2. The van der Waals surface area contributed by atoms with Gasteiger partial charge in [-0.3, -0.25) is 9.59 Å². The fourth-order valence-electron chi connectivity index (χ4n) is 1.49. The number of rotatable bonds is 5. The van der Waals surface area contributed by atoms with Gasteiger partial charge in [0, 0.05) is 19.3 Å². The van der Waals surface area contributed by atoms with E-state index >= 15 is 0 Å². The van der Waals surface area contributed by atoms with Crippen LogP contribution in [0, 0.1) is 5.95 Å². The van der Waals surface area contributed by atoms with E-state index in [1.807, 2.05) is 13.8 Å². The number of pyridine rings is 1. The first-order valence-corrected chi connectivity index (χ1v) is 5.76. The van der Waals surface area contributed by atoms with Gasteiger partial charge in [0.25, 0.3) is 5.91 Å². The molecule has 0 atom stereocenters. The number of likely N-dealkylation sites (N-methyl/N-ethyl adjacent to an activating group) is 1. The zero-order valence-corrected chi connectivity index (χ0v) is 10.4. The molecule has 1 aromatic rings. The first-order valence-electron chi connectivity index (χ1n) is 5.76. The zero-order chi connectivity index (χ0) is 13.5. The lowest BCUT2D eigenvalue weighted by atomic mass is 10.2. The first-order chi connectivity index (χ1) is 8.60. The third-order valence-electron chi connectivity index (χ3n) is 2.52. The van der Waals surface area contributed by atoms with Gasteiger partial charge in [0.05, 0.1) is 12.1 Å². The van der Waals surface area contributed by atoms with Gasteiger partial charge in [0.15, 0.2) is 0 Å². The lowest BCUT2D eigenvalue weighted by Crippen LogP contribution is -2.40. The van der Waals surface area contributed by atoms with Crippen LogP contribution in [-0.2, 0) is 4.79 Å². The molecule has 0 aromatic carbocycles. The molecule has 2 amide bonds. The number of carbonyl (C=O) groups excluding carboxylic acids is 2. The Morgan fingerprint density at radius 3 is 2.61 bits per heavy atom. The fourth-order valence-corrected chi connectivity index (χ4v) is 1.49. The highest BCUT2D eigenvalue weighted by molar-refractivity contribution is 5.96. The van der Waals surface area contributed by atoms with Gasteiger partial charge in [-0.2, -0.15) is 4.39 Å². The second-order valence-corrected chi connectivity index (χ2v) is 3.59. The van der Waals surface area contributed by atoms with Crippen LogP contribution in [0.5, 0.6) is 0 Å². The summed E-state index contributed by atoms with van der Waals surface area (Å²) in [6.45, 7) is 4.71. The number of halogens is 1. The van der Waals surface area contributed by atoms with Gasteiger partial charge >= 0.3 is 0 Å². The zero-order valence-electron chi connectivity index (χ0n) is 10.4. The van der Waals surface area contributed by atoms with Gasteiger partial charge in [-0.05, 0) is 26.0 Å². The molecule has 1 heterocycles. The molecule has 5 nitrogen and oxygen atoms in total. The summed E-state index contributed by atoms with van der Waals surface area (Å²) in [6, 6.07) is 2.78. The van der Waals surface area contributed by atoms with Crippen LogP contribution in [0.3, 0.4) is 0 Å². The molecule has 0 aliphatic heterocycles. The van der Waals surface area contributed by atoms with Crippen molar-refractivity contribution in [3.63, 3.8) is 0 Å². The van der Waals surface area contributed by atoms with E-state index in [1.54, 1.807) is 4.90 Å². The fraction of sp³-hybridized carbons (Fsp3) is 0.417. The highest BCUT2D eigenvalue weighted by Crippen LogP contribution is 2.02. The van der Waals surface area contributed by atoms with Crippen molar-refractivity contribution >= 4 is 11.8 Å². The van der Waals surface area contributed by atoms with Crippen molar-refractivity contribution in [2.24, 2.45) is 0 Å². The average Bonchev–Trinajstić information content (AvgIpc) is 2.38. The minimum absolute atomic E-state index is 0.144. The van der Waals surface area contributed by atoms with Crippen molar-refractivity contribution in [2.45, 2.75) is 13.8 Å². The van der Waals surface area contributed by atoms with Crippen LogP contribution in [0.25, 0.3) is 0 Å². The third-order valence-corrected chi connectivity index (χ3v) is 2.52. The van der Waals surface area contributed by atoms with E-state index in [2.05, 4.69) is 10.3 Å². The number of nitrogens with one attached hydrogen (secondary N) is 1. The monoisotopic (exact) mass is 253 g/mol. The van der Waals surface area contributed by atoms with E-state index in [0.717, 1.165) is 0 Å². The summed E-state index contributed by atoms with van der Waals surface area (Å²) in [6.07, 6.45) is 1.26. The molecule has 0 radical (unpaired) electrons. The number of aromatic nitrogens is 1. The van der Waals surface area contributed by atoms with Crippen molar-refractivity contribution in [3.05, 3.63) is 29.8 Å². The number of carbonyl (C=O) groups is 2. The summed E-state index contributed by atoms with van der Waals surface area (Å²) < 4.78 is 13.2. The predicted molar refractivity (Wildman–Crippen MR) is 64.5 cm³/mol. The summed E-state index contributed by atoms with van der Waals surface area (Å²) in [5, 5.41) is 2.38. The van der Waals surface area contributed by atoms with Gasteiger partial charge in [0.2, 0.25) is 11.9 Å². The molecule has 18 heavy (non-hydrogen) atoms. The molecule has 0 unspecified atom stereocenters. The Bertz CT molecular complexity index is 433. The molecule has 6 heteroatoms. The van der Waals surface area contributed by atoms with Crippen LogP contribution in [0.4, 0.5) is 4.39 Å². The van der Waals surface area contributed by atoms with Crippen molar-refractivity contribution in [2.75, 3.05) is 19.6 Å². The second kappa shape index (κ2) is 6.68. The lowest BCUT2D eigenvalue weighted by Gasteiger charge is -2.18. The summed E-state index contributed by atoms with van der Waals surface area (Å²) in [7, 11) is 0. The Hall–Kier alpha value is -1.98. The average molecular weight is 253 g/mol. The molecule has 0 aliphatic rings.